The monoisotopic (exact) mass is 212 g/mol. The van der Waals surface area contributed by atoms with E-state index in [1.165, 1.54) is 19.1 Å². The quantitative estimate of drug-likeness (QED) is 0.833. The summed E-state index contributed by atoms with van der Waals surface area (Å²) >= 11 is 0. The van der Waals surface area contributed by atoms with Crippen LogP contribution in [0, 0.1) is 5.82 Å². The highest BCUT2D eigenvalue weighted by Crippen LogP contribution is 2.23. The lowest BCUT2D eigenvalue weighted by Gasteiger charge is -2.09. The maximum atomic E-state index is 13.4. The lowest BCUT2D eigenvalue weighted by atomic mass is 10.0. The summed E-state index contributed by atoms with van der Waals surface area (Å²) in [5.74, 6) is -2.02. The van der Waals surface area contributed by atoms with Gasteiger partial charge in [-0.3, -0.25) is 4.79 Å². The molecule has 0 amide bonds. The van der Waals surface area contributed by atoms with Crippen LogP contribution >= 0.6 is 0 Å². The molecule has 3 nitrogen and oxygen atoms in total. The van der Waals surface area contributed by atoms with Gasteiger partial charge in [0.2, 0.25) is 0 Å². The van der Waals surface area contributed by atoms with Crippen LogP contribution in [-0.4, -0.2) is 17.7 Å². The summed E-state index contributed by atoms with van der Waals surface area (Å²) in [4.78, 5) is 10.7. The highest BCUT2D eigenvalue weighted by Gasteiger charge is 2.17. The van der Waals surface area contributed by atoms with Gasteiger partial charge in [-0.25, -0.2) is 4.39 Å². The molecule has 0 saturated carbocycles. The van der Waals surface area contributed by atoms with Crippen molar-refractivity contribution >= 4 is 5.97 Å². The molecular weight excluding hydrogens is 199 g/mol. The van der Waals surface area contributed by atoms with Gasteiger partial charge in [0.05, 0.1) is 12.5 Å². The first-order valence-electron chi connectivity index (χ1n) is 4.71. The fourth-order valence-electron chi connectivity index (χ4n) is 1.25. The number of carbonyl (C=O) groups is 1. The summed E-state index contributed by atoms with van der Waals surface area (Å²) < 4.78 is 18.5. The van der Waals surface area contributed by atoms with E-state index in [1.54, 1.807) is 13.0 Å². The van der Waals surface area contributed by atoms with Crippen LogP contribution in [0.5, 0.6) is 5.75 Å². The topological polar surface area (TPSA) is 46.5 Å². The highest BCUT2D eigenvalue weighted by molar-refractivity contribution is 5.75. The van der Waals surface area contributed by atoms with Gasteiger partial charge in [-0.05, 0) is 19.9 Å². The van der Waals surface area contributed by atoms with Crippen LogP contribution < -0.4 is 4.74 Å². The predicted octanol–water partition coefficient (Wildman–Crippen LogP) is 2.41. The molecule has 0 aliphatic rings. The highest BCUT2D eigenvalue weighted by atomic mass is 19.1. The smallest absolute Gasteiger partial charge is 0.310 e. The van der Waals surface area contributed by atoms with Crippen molar-refractivity contribution in [2.24, 2.45) is 0 Å². The third-order valence-electron chi connectivity index (χ3n) is 2.12. The Balaban J connectivity index is 2.97. The first kappa shape index (κ1) is 11.5. The number of benzene rings is 1. The van der Waals surface area contributed by atoms with E-state index in [0.717, 1.165) is 0 Å². The molecule has 0 aliphatic heterocycles. The maximum absolute atomic E-state index is 13.4. The Hall–Kier alpha value is -1.58. The molecule has 1 rings (SSSR count). The molecule has 0 heterocycles. The summed E-state index contributed by atoms with van der Waals surface area (Å²) in [7, 11) is 0. The van der Waals surface area contributed by atoms with Crippen molar-refractivity contribution in [3.63, 3.8) is 0 Å². The largest absolute Gasteiger partial charge is 0.494 e. The van der Waals surface area contributed by atoms with Crippen molar-refractivity contribution in [2.45, 2.75) is 19.8 Å². The van der Waals surface area contributed by atoms with Gasteiger partial charge < -0.3 is 9.84 Å². The molecule has 1 unspecified atom stereocenters. The second kappa shape index (κ2) is 4.77. The Labute approximate surface area is 87.5 Å². The minimum absolute atomic E-state index is 0.172. The van der Waals surface area contributed by atoms with Gasteiger partial charge >= 0.3 is 5.97 Å². The number of carboxylic acid groups (broad SMARTS) is 1. The van der Waals surface area contributed by atoms with Gasteiger partial charge in [0.25, 0.3) is 0 Å². The minimum Gasteiger partial charge on any atom is -0.494 e. The van der Waals surface area contributed by atoms with E-state index in [1.807, 2.05) is 0 Å². The summed E-state index contributed by atoms with van der Waals surface area (Å²) in [6, 6.07) is 4.22. The normalized spacial score (nSPS) is 12.2. The van der Waals surface area contributed by atoms with E-state index >= 15 is 0 Å². The van der Waals surface area contributed by atoms with Gasteiger partial charge in [0.15, 0.2) is 0 Å². The molecule has 15 heavy (non-hydrogen) atoms. The fraction of sp³-hybridized carbons (Fsp3) is 0.364. The summed E-state index contributed by atoms with van der Waals surface area (Å²) in [5, 5.41) is 8.73. The molecule has 82 valence electrons. The third-order valence-corrected chi connectivity index (χ3v) is 2.12. The number of hydrogen-bond donors (Lipinski definition) is 1. The van der Waals surface area contributed by atoms with Crippen LogP contribution in [0.15, 0.2) is 18.2 Å². The number of carboxylic acids is 1. The van der Waals surface area contributed by atoms with Crippen molar-refractivity contribution in [1.29, 1.82) is 0 Å². The number of halogens is 1. The van der Waals surface area contributed by atoms with Crippen molar-refractivity contribution in [3.8, 4) is 5.75 Å². The average molecular weight is 212 g/mol. The van der Waals surface area contributed by atoms with Crippen molar-refractivity contribution < 1.29 is 19.0 Å². The van der Waals surface area contributed by atoms with Gasteiger partial charge in [0.1, 0.15) is 11.6 Å². The van der Waals surface area contributed by atoms with E-state index in [-0.39, 0.29) is 5.56 Å². The SMILES string of the molecule is CCOc1ccc(C(C)C(=O)O)c(F)c1. The first-order chi connectivity index (χ1) is 7.06. The van der Waals surface area contributed by atoms with E-state index in [0.29, 0.717) is 12.4 Å². The number of rotatable bonds is 4. The van der Waals surface area contributed by atoms with Gasteiger partial charge in [0, 0.05) is 11.6 Å². The summed E-state index contributed by atoms with van der Waals surface area (Å²) in [6.07, 6.45) is 0. The number of hydrogen-bond acceptors (Lipinski definition) is 2. The molecule has 1 aromatic carbocycles. The summed E-state index contributed by atoms with van der Waals surface area (Å²) in [5.41, 5.74) is 0.172. The Bertz CT molecular complexity index is 363. The van der Waals surface area contributed by atoms with Gasteiger partial charge in [-0.2, -0.15) is 0 Å². The maximum Gasteiger partial charge on any atom is 0.310 e. The van der Waals surface area contributed by atoms with E-state index in [4.69, 9.17) is 9.84 Å². The molecule has 1 atom stereocenters. The molecule has 0 aromatic heterocycles. The molecule has 4 heteroatoms. The van der Waals surface area contributed by atoms with Crippen LogP contribution in [-0.2, 0) is 4.79 Å². The second-order valence-corrected chi connectivity index (χ2v) is 3.18. The molecule has 0 radical (unpaired) electrons. The molecular formula is C11H13FO3. The van der Waals surface area contributed by atoms with Crippen molar-refractivity contribution in [2.75, 3.05) is 6.61 Å². The molecule has 0 bridgehead atoms. The summed E-state index contributed by atoms with van der Waals surface area (Å²) in [6.45, 7) is 3.69. The molecule has 0 fully saturated rings. The fourth-order valence-corrected chi connectivity index (χ4v) is 1.25. The van der Waals surface area contributed by atoms with Crippen molar-refractivity contribution in [3.05, 3.63) is 29.6 Å². The second-order valence-electron chi connectivity index (χ2n) is 3.18. The predicted molar refractivity (Wildman–Crippen MR) is 53.6 cm³/mol. The van der Waals surface area contributed by atoms with Crippen LogP contribution in [0.2, 0.25) is 0 Å². The molecule has 0 spiro atoms. The number of aliphatic carboxylic acids is 1. The van der Waals surface area contributed by atoms with Gasteiger partial charge in [-0.15, -0.1) is 0 Å². The van der Waals surface area contributed by atoms with Crippen molar-refractivity contribution in [1.82, 2.24) is 0 Å². The Morgan fingerprint density at radius 3 is 2.73 bits per heavy atom. The van der Waals surface area contributed by atoms with E-state index in [9.17, 15) is 9.18 Å². The first-order valence-corrected chi connectivity index (χ1v) is 4.71. The molecule has 0 aliphatic carbocycles. The van der Waals surface area contributed by atoms with Gasteiger partial charge in [-0.1, -0.05) is 6.07 Å². The Kier molecular flexibility index (Phi) is 3.66. The van der Waals surface area contributed by atoms with E-state index in [2.05, 4.69) is 0 Å². The molecule has 1 aromatic rings. The zero-order valence-electron chi connectivity index (χ0n) is 8.66. The lowest BCUT2D eigenvalue weighted by Crippen LogP contribution is -2.09. The zero-order valence-corrected chi connectivity index (χ0v) is 8.66. The lowest BCUT2D eigenvalue weighted by molar-refractivity contribution is -0.138. The van der Waals surface area contributed by atoms with Crippen LogP contribution in [0.3, 0.4) is 0 Å². The van der Waals surface area contributed by atoms with Crippen LogP contribution in [0.1, 0.15) is 25.3 Å². The molecule has 1 N–H and O–H groups in total. The number of ether oxygens (including phenoxy) is 1. The zero-order chi connectivity index (χ0) is 11.4. The van der Waals surface area contributed by atoms with E-state index < -0.39 is 17.7 Å². The Morgan fingerprint density at radius 1 is 1.60 bits per heavy atom. The standard InChI is InChI=1S/C11H13FO3/c1-3-15-8-4-5-9(10(12)6-8)7(2)11(13)14/h4-7H,3H2,1-2H3,(H,13,14). The third kappa shape index (κ3) is 2.68. The van der Waals surface area contributed by atoms with Crippen LogP contribution in [0.25, 0.3) is 0 Å². The van der Waals surface area contributed by atoms with Crippen LogP contribution in [0.4, 0.5) is 4.39 Å². The minimum atomic E-state index is -1.04. The molecule has 0 saturated heterocycles. The Morgan fingerprint density at radius 2 is 2.27 bits per heavy atom. The average Bonchev–Trinajstić information content (AvgIpc) is 2.17.